The molecule has 94 valence electrons. The average Bonchev–Trinajstić information content (AvgIpc) is 2.43. The monoisotopic (exact) mass is 243 g/mol. The first kappa shape index (κ1) is 12.3. The van der Waals surface area contributed by atoms with Crippen molar-refractivity contribution in [3.8, 4) is 0 Å². The second kappa shape index (κ2) is 5.97. The molecule has 5 heteroatoms. The van der Waals surface area contributed by atoms with Gasteiger partial charge in [-0.05, 0) is 23.9 Å². The number of hydrogen-bond acceptors (Lipinski definition) is 3. The van der Waals surface area contributed by atoms with Gasteiger partial charge in [0.05, 0.1) is 5.69 Å². The lowest BCUT2D eigenvalue weighted by atomic mass is 10.1. The first-order valence-corrected chi connectivity index (χ1v) is 5.96. The van der Waals surface area contributed by atoms with E-state index in [9.17, 15) is 0 Å². The summed E-state index contributed by atoms with van der Waals surface area (Å²) in [5, 5.41) is 5.35. The number of nitrogens with two attached hydrogens (primary N) is 1. The van der Waals surface area contributed by atoms with Gasteiger partial charge in [-0.25, -0.2) is 5.84 Å². The van der Waals surface area contributed by atoms with Crippen LogP contribution in [0.3, 0.4) is 0 Å². The zero-order valence-corrected chi connectivity index (χ0v) is 10.4. The Hall–Kier alpha value is -2.14. The molecule has 0 saturated heterocycles. The minimum atomic E-state index is 0.563. The maximum atomic E-state index is 5.45. The molecule has 0 amide bonds. The number of rotatable bonds is 3. The molecule has 1 aromatic heterocycles. The summed E-state index contributed by atoms with van der Waals surface area (Å²) >= 11 is 0. The van der Waals surface area contributed by atoms with Gasteiger partial charge in [-0.1, -0.05) is 19.1 Å². The number of hydrogen-bond donors (Lipinski definition) is 3. The minimum absolute atomic E-state index is 0.563. The van der Waals surface area contributed by atoms with Crippen LogP contribution < -0.4 is 16.6 Å². The number of aromatic nitrogens is 1. The van der Waals surface area contributed by atoms with Gasteiger partial charge >= 0.3 is 0 Å². The van der Waals surface area contributed by atoms with Gasteiger partial charge in [0.15, 0.2) is 0 Å². The van der Waals surface area contributed by atoms with E-state index in [0.29, 0.717) is 5.96 Å². The van der Waals surface area contributed by atoms with Crippen LogP contribution in [0.2, 0.25) is 0 Å². The number of pyridine rings is 1. The van der Waals surface area contributed by atoms with E-state index < -0.39 is 0 Å². The van der Waals surface area contributed by atoms with Crippen LogP contribution in [0.4, 0.5) is 5.69 Å². The second-order valence-electron chi connectivity index (χ2n) is 3.90. The van der Waals surface area contributed by atoms with Crippen LogP contribution in [0, 0.1) is 0 Å². The molecule has 0 aliphatic carbocycles. The highest BCUT2D eigenvalue weighted by molar-refractivity contribution is 6.02. The van der Waals surface area contributed by atoms with Crippen molar-refractivity contribution >= 4 is 22.4 Å². The molecule has 0 saturated carbocycles. The van der Waals surface area contributed by atoms with E-state index in [1.54, 1.807) is 6.20 Å². The summed E-state index contributed by atoms with van der Waals surface area (Å²) < 4.78 is 0. The van der Waals surface area contributed by atoms with Gasteiger partial charge in [-0.2, -0.15) is 0 Å². The molecule has 1 aromatic carbocycles. The van der Waals surface area contributed by atoms with Crippen molar-refractivity contribution in [2.75, 3.05) is 11.9 Å². The number of fused-ring (bicyclic) bond motifs is 1. The fourth-order valence-corrected chi connectivity index (χ4v) is 1.69. The largest absolute Gasteiger partial charge is 0.325 e. The van der Waals surface area contributed by atoms with E-state index in [-0.39, 0.29) is 0 Å². The van der Waals surface area contributed by atoms with Crippen molar-refractivity contribution in [3.05, 3.63) is 36.7 Å². The van der Waals surface area contributed by atoms with Crippen molar-refractivity contribution in [1.29, 1.82) is 0 Å². The molecule has 0 radical (unpaired) electrons. The normalized spacial score (nSPS) is 11.6. The van der Waals surface area contributed by atoms with Gasteiger partial charge in [-0.15, -0.1) is 0 Å². The number of guanidine groups is 1. The Morgan fingerprint density at radius 1 is 1.39 bits per heavy atom. The molecule has 0 aliphatic heterocycles. The maximum absolute atomic E-state index is 5.45. The van der Waals surface area contributed by atoms with Crippen LogP contribution in [0.1, 0.15) is 13.3 Å². The Bertz CT molecular complexity index is 545. The molecule has 2 aromatic rings. The minimum Gasteiger partial charge on any atom is -0.325 e. The van der Waals surface area contributed by atoms with E-state index in [1.807, 2.05) is 30.5 Å². The lowest BCUT2D eigenvalue weighted by Crippen LogP contribution is -2.36. The standard InChI is InChI=1S/C13H17N5/c1-2-7-16-13(18-14)17-12-5-3-4-10-6-8-15-9-11(10)12/h3-6,8-9H,2,7,14H2,1H3,(H2,16,17,18). The molecule has 0 atom stereocenters. The van der Waals surface area contributed by atoms with Crippen molar-refractivity contribution in [1.82, 2.24) is 10.4 Å². The van der Waals surface area contributed by atoms with Gasteiger partial charge < -0.3 is 5.32 Å². The Kier molecular flexibility index (Phi) is 4.09. The maximum Gasteiger partial charge on any atom is 0.210 e. The predicted molar refractivity (Wildman–Crippen MR) is 75.3 cm³/mol. The molecule has 0 spiro atoms. The average molecular weight is 243 g/mol. The second-order valence-corrected chi connectivity index (χ2v) is 3.90. The smallest absolute Gasteiger partial charge is 0.210 e. The van der Waals surface area contributed by atoms with Crippen LogP contribution in [0.25, 0.3) is 10.8 Å². The summed E-state index contributed by atoms with van der Waals surface area (Å²) in [5.41, 5.74) is 3.51. The highest BCUT2D eigenvalue weighted by Gasteiger charge is 2.02. The molecule has 0 unspecified atom stereocenters. The fraction of sp³-hybridized carbons (Fsp3) is 0.231. The van der Waals surface area contributed by atoms with E-state index >= 15 is 0 Å². The fourth-order valence-electron chi connectivity index (χ4n) is 1.69. The summed E-state index contributed by atoms with van der Waals surface area (Å²) in [6, 6.07) is 7.97. The van der Waals surface area contributed by atoms with Crippen molar-refractivity contribution < 1.29 is 0 Å². The zero-order chi connectivity index (χ0) is 12.8. The van der Waals surface area contributed by atoms with Crippen LogP contribution in [-0.4, -0.2) is 17.5 Å². The molecule has 5 nitrogen and oxygen atoms in total. The molecule has 1 heterocycles. The molecular formula is C13H17N5. The molecule has 0 bridgehead atoms. The summed E-state index contributed by atoms with van der Waals surface area (Å²) in [4.78, 5) is 8.45. The zero-order valence-electron chi connectivity index (χ0n) is 10.4. The highest BCUT2D eigenvalue weighted by Crippen LogP contribution is 2.21. The van der Waals surface area contributed by atoms with Gasteiger partial charge in [0.1, 0.15) is 0 Å². The Labute approximate surface area is 106 Å². The van der Waals surface area contributed by atoms with Gasteiger partial charge in [0, 0.05) is 24.3 Å². The predicted octanol–water partition coefficient (Wildman–Crippen LogP) is 1.88. The third-order valence-corrected chi connectivity index (χ3v) is 2.57. The Morgan fingerprint density at radius 3 is 3.06 bits per heavy atom. The van der Waals surface area contributed by atoms with Gasteiger partial charge in [0.2, 0.25) is 5.96 Å². The SMILES string of the molecule is CCCN=C(NN)Nc1cccc2ccncc12. The molecule has 0 aliphatic rings. The number of anilines is 1. The number of nitrogens with zero attached hydrogens (tertiary/aromatic N) is 2. The summed E-state index contributed by atoms with van der Waals surface area (Å²) in [7, 11) is 0. The van der Waals surface area contributed by atoms with Crippen LogP contribution in [0.15, 0.2) is 41.7 Å². The number of aliphatic imine (C=N–C) groups is 1. The number of benzene rings is 1. The topological polar surface area (TPSA) is 75.3 Å². The van der Waals surface area contributed by atoms with E-state index in [1.165, 1.54) is 0 Å². The quantitative estimate of drug-likeness (QED) is 0.333. The van der Waals surface area contributed by atoms with E-state index in [4.69, 9.17) is 5.84 Å². The lowest BCUT2D eigenvalue weighted by Gasteiger charge is -2.11. The highest BCUT2D eigenvalue weighted by atomic mass is 15.3. The molecule has 4 N–H and O–H groups in total. The van der Waals surface area contributed by atoms with Crippen LogP contribution in [-0.2, 0) is 0 Å². The lowest BCUT2D eigenvalue weighted by molar-refractivity contribution is 0.905. The van der Waals surface area contributed by atoms with Crippen LogP contribution >= 0.6 is 0 Å². The number of nitrogens with one attached hydrogen (secondary N) is 2. The van der Waals surface area contributed by atoms with Crippen molar-refractivity contribution in [2.45, 2.75) is 13.3 Å². The number of hydrazine groups is 1. The van der Waals surface area contributed by atoms with Crippen LogP contribution in [0.5, 0.6) is 0 Å². The first-order chi connectivity index (χ1) is 8.85. The molecule has 0 fully saturated rings. The van der Waals surface area contributed by atoms with Crippen molar-refractivity contribution in [3.63, 3.8) is 0 Å². The summed E-state index contributed by atoms with van der Waals surface area (Å²) in [6.45, 7) is 2.80. The Morgan fingerprint density at radius 2 is 2.28 bits per heavy atom. The van der Waals surface area contributed by atoms with E-state index in [2.05, 4.69) is 27.6 Å². The summed E-state index contributed by atoms with van der Waals surface area (Å²) in [5.74, 6) is 6.01. The third-order valence-electron chi connectivity index (χ3n) is 2.57. The first-order valence-electron chi connectivity index (χ1n) is 5.96. The molecular weight excluding hydrogens is 226 g/mol. The third kappa shape index (κ3) is 2.75. The van der Waals surface area contributed by atoms with Gasteiger partial charge in [0.25, 0.3) is 0 Å². The summed E-state index contributed by atoms with van der Waals surface area (Å²) in [6.07, 6.45) is 4.58. The van der Waals surface area contributed by atoms with E-state index in [0.717, 1.165) is 29.4 Å². The Balaban J connectivity index is 2.31. The van der Waals surface area contributed by atoms with Gasteiger partial charge in [-0.3, -0.25) is 15.4 Å². The molecule has 18 heavy (non-hydrogen) atoms. The van der Waals surface area contributed by atoms with Crippen molar-refractivity contribution in [2.24, 2.45) is 10.8 Å². The molecule has 2 rings (SSSR count).